The molecular weight excluding hydrogens is 262 g/mol. The van der Waals surface area contributed by atoms with Gasteiger partial charge in [-0.25, -0.2) is 0 Å². The summed E-state index contributed by atoms with van der Waals surface area (Å²) in [6.45, 7) is 2.96. The fraction of sp³-hybridized carbons (Fsp3) is 0.500. The van der Waals surface area contributed by atoms with Crippen LogP contribution < -0.4 is 0 Å². The zero-order chi connectivity index (χ0) is 10.1. The first kappa shape index (κ1) is 10.2. The quantitative estimate of drug-likeness (QED) is 0.759. The van der Waals surface area contributed by atoms with Gasteiger partial charge in [0.25, 0.3) is 0 Å². The van der Waals surface area contributed by atoms with E-state index < -0.39 is 0 Å². The fourth-order valence-electron chi connectivity index (χ4n) is 1.74. The Labute approximate surface area is 96.0 Å². The molecule has 2 unspecified atom stereocenters. The van der Waals surface area contributed by atoms with Gasteiger partial charge in [0.05, 0.1) is 10.9 Å². The molecule has 76 valence electrons. The molecule has 4 heteroatoms. The van der Waals surface area contributed by atoms with Crippen molar-refractivity contribution in [1.29, 1.82) is 0 Å². The third-order valence-electron chi connectivity index (χ3n) is 2.67. The number of carbonyl (C=O) groups is 1. The summed E-state index contributed by atoms with van der Waals surface area (Å²) in [5.74, 6) is 0.226. The summed E-state index contributed by atoms with van der Waals surface area (Å²) < 4.78 is 0. The van der Waals surface area contributed by atoms with E-state index in [0.717, 1.165) is 13.0 Å². The normalized spacial score (nSPS) is 24.3. The Balaban J connectivity index is 2.13. The predicted octanol–water partition coefficient (Wildman–Crippen LogP) is 2.80. The smallest absolute Gasteiger partial charge is 0.236 e. The number of likely N-dealkylation sites (tertiary alicyclic amines) is 1. The first-order valence-corrected chi connectivity index (χ1v) is 6.52. The highest BCUT2D eigenvalue weighted by Gasteiger charge is 2.32. The molecule has 0 aromatic carbocycles. The van der Waals surface area contributed by atoms with Crippen LogP contribution in [0.5, 0.6) is 0 Å². The average Bonchev–Trinajstić information content (AvgIpc) is 2.77. The molecule has 2 nitrogen and oxygen atoms in total. The molecule has 1 saturated heterocycles. The zero-order valence-corrected chi connectivity index (χ0v) is 10.3. The van der Waals surface area contributed by atoms with Crippen molar-refractivity contribution < 1.29 is 4.79 Å². The van der Waals surface area contributed by atoms with Crippen molar-refractivity contribution in [2.75, 3.05) is 6.54 Å². The van der Waals surface area contributed by atoms with Gasteiger partial charge >= 0.3 is 0 Å². The van der Waals surface area contributed by atoms with E-state index in [0.29, 0.717) is 0 Å². The number of halogens is 1. The van der Waals surface area contributed by atoms with Crippen molar-refractivity contribution in [2.45, 2.75) is 24.2 Å². The highest BCUT2D eigenvalue weighted by atomic mass is 79.9. The molecule has 2 heterocycles. The van der Waals surface area contributed by atoms with Gasteiger partial charge in [-0.3, -0.25) is 4.79 Å². The van der Waals surface area contributed by atoms with Crippen LogP contribution in [0.2, 0.25) is 0 Å². The summed E-state index contributed by atoms with van der Waals surface area (Å²) in [5, 5.41) is 4.16. The minimum atomic E-state index is 0.0311. The number of carbonyl (C=O) groups excluding carboxylic acids is 1. The van der Waals surface area contributed by atoms with Crippen molar-refractivity contribution in [1.82, 2.24) is 4.90 Å². The van der Waals surface area contributed by atoms with Gasteiger partial charge in [-0.15, -0.1) is 0 Å². The third-order valence-corrected chi connectivity index (χ3v) is 4.22. The lowest BCUT2D eigenvalue weighted by atomic mass is 10.1. The lowest BCUT2D eigenvalue weighted by Gasteiger charge is -2.23. The largest absolute Gasteiger partial charge is 0.335 e. The van der Waals surface area contributed by atoms with Gasteiger partial charge in [0.1, 0.15) is 0 Å². The molecule has 0 aliphatic carbocycles. The van der Waals surface area contributed by atoms with E-state index in [1.807, 2.05) is 4.90 Å². The van der Waals surface area contributed by atoms with Gasteiger partial charge in [0.15, 0.2) is 0 Å². The highest BCUT2D eigenvalue weighted by Crippen LogP contribution is 2.29. The predicted molar refractivity (Wildman–Crippen MR) is 61.8 cm³/mol. The average molecular weight is 274 g/mol. The molecule has 0 radical (unpaired) electrons. The monoisotopic (exact) mass is 273 g/mol. The van der Waals surface area contributed by atoms with E-state index in [4.69, 9.17) is 0 Å². The highest BCUT2D eigenvalue weighted by molar-refractivity contribution is 9.10. The van der Waals surface area contributed by atoms with Crippen LogP contribution in [0.1, 0.15) is 24.9 Å². The Bertz CT molecular complexity index is 325. The molecule has 1 aromatic heterocycles. The summed E-state index contributed by atoms with van der Waals surface area (Å²) >= 11 is 5.07. The molecule has 1 aliphatic heterocycles. The molecular formula is C10H12BrNOS. The van der Waals surface area contributed by atoms with Crippen molar-refractivity contribution in [2.24, 2.45) is 0 Å². The number of nitrogens with zero attached hydrogens (tertiary/aromatic N) is 1. The van der Waals surface area contributed by atoms with Gasteiger partial charge in [-0.2, -0.15) is 11.3 Å². The van der Waals surface area contributed by atoms with Crippen LogP contribution in [0.4, 0.5) is 0 Å². The molecule has 1 fully saturated rings. The summed E-state index contributed by atoms with van der Waals surface area (Å²) in [7, 11) is 0. The molecule has 0 bridgehead atoms. The Morgan fingerprint density at radius 3 is 3.00 bits per heavy atom. The summed E-state index contributed by atoms with van der Waals surface area (Å²) in [6, 6.07) is 2.31. The van der Waals surface area contributed by atoms with Gasteiger partial charge < -0.3 is 4.90 Å². The molecule has 1 amide bonds. The summed E-state index contributed by atoms with van der Waals surface area (Å²) in [6.07, 6.45) is 0.924. The van der Waals surface area contributed by atoms with Gasteiger partial charge in [0, 0.05) is 6.54 Å². The maximum atomic E-state index is 11.7. The fourth-order valence-corrected chi connectivity index (χ4v) is 2.96. The first-order valence-electron chi connectivity index (χ1n) is 4.67. The van der Waals surface area contributed by atoms with Gasteiger partial charge in [-0.1, -0.05) is 15.9 Å². The van der Waals surface area contributed by atoms with Crippen molar-refractivity contribution >= 4 is 33.2 Å². The van der Waals surface area contributed by atoms with Crippen LogP contribution >= 0.6 is 27.3 Å². The molecule has 2 atom stereocenters. The lowest BCUT2D eigenvalue weighted by molar-refractivity contribution is -0.128. The molecule has 14 heavy (non-hydrogen) atoms. The van der Waals surface area contributed by atoms with Crippen molar-refractivity contribution in [3.05, 3.63) is 22.4 Å². The maximum absolute atomic E-state index is 11.7. The minimum absolute atomic E-state index is 0.0311. The summed E-state index contributed by atoms with van der Waals surface area (Å²) in [4.78, 5) is 13.7. The van der Waals surface area contributed by atoms with E-state index in [2.05, 4.69) is 39.7 Å². The van der Waals surface area contributed by atoms with Crippen LogP contribution in [0.15, 0.2) is 16.8 Å². The topological polar surface area (TPSA) is 20.3 Å². The number of amides is 1. The van der Waals surface area contributed by atoms with E-state index in [1.165, 1.54) is 5.56 Å². The number of hydrogen-bond acceptors (Lipinski definition) is 2. The van der Waals surface area contributed by atoms with E-state index in [1.54, 1.807) is 11.3 Å². The lowest BCUT2D eigenvalue weighted by Crippen LogP contribution is -2.30. The standard InChI is InChI=1S/C10H12BrNOS/c1-7(8-3-5-14-6-8)12-4-2-9(11)10(12)13/h3,5-7,9H,2,4H2,1H3. The van der Waals surface area contributed by atoms with Crippen LogP contribution in [-0.4, -0.2) is 22.2 Å². The molecule has 1 aliphatic rings. The van der Waals surface area contributed by atoms with E-state index in [-0.39, 0.29) is 16.8 Å². The van der Waals surface area contributed by atoms with Gasteiger partial charge in [-0.05, 0) is 35.7 Å². The van der Waals surface area contributed by atoms with Crippen LogP contribution in [0.25, 0.3) is 0 Å². The maximum Gasteiger partial charge on any atom is 0.236 e. The third kappa shape index (κ3) is 1.73. The van der Waals surface area contributed by atoms with Crippen molar-refractivity contribution in [3.63, 3.8) is 0 Å². The Morgan fingerprint density at radius 2 is 2.50 bits per heavy atom. The first-order chi connectivity index (χ1) is 6.70. The van der Waals surface area contributed by atoms with E-state index in [9.17, 15) is 4.79 Å². The summed E-state index contributed by atoms with van der Waals surface area (Å²) in [5.41, 5.74) is 1.24. The number of thiophene rings is 1. The van der Waals surface area contributed by atoms with Crippen LogP contribution in [-0.2, 0) is 4.79 Å². The number of rotatable bonds is 2. The second-order valence-electron chi connectivity index (χ2n) is 3.52. The Hall–Kier alpha value is -0.350. The zero-order valence-electron chi connectivity index (χ0n) is 7.94. The number of hydrogen-bond donors (Lipinski definition) is 0. The molecule has 2 rings (SSSR count). The Kier molecular flexibility index (Phi) is 2.93. The second-order valence-corrected chi connectivity index (χ2v) is 5.41. The van der Waals surface area contributed by atoms with Gasteiger partial charge in [0.2, 0.25) is 5.91 Å². The second kappa shape index (κ2) is 4.03. The van der Waals surface area contributed by atoms with Crippen LogP contribution in [0.3, 0.4) is 0 Å². The SMILES string of the molecule is CC(c1ccsc1)N1CCC(Br)C1=O. The minimum Gasteiger partial charge on any atom is -0.335 e. The Morgan fingerprint density at radius 1 is 1.71 bits per heavy atom. The van der Waals surface area contributed by atoms with Crippen molar-refractivity contribution in [3.8, 4) is 0 Å². The number of alkyl halides is 1. The molecule has 0 N–H and O–H groups in total. The van der Waals surface area contributed by atoms with Crippen LogP contribution in [0, 0.1) is 0 Å². The molecule has 1 aromatic rings. The molecule has 0 spiro atoms. The molecule has 0 saturated carbocycles. The van der Waals surface area contributed by atoms with E-state index >= 15 is 0 Å².